The van der Waals surface area contributed by atoms with Crippen LogP contribution in [0.15, 0.2) is 6.20 Å². The second kappa shape index (κ2) is 5.15. The van der Waals surface area contributed by atoms with Crippen molar-refractivity contribution in [3.8, 4) is 0 Å². The third-order valence-corrected chi connectivity index (χ3v) is 4.54. The highest BCUT2D eigenvalue weighted by atomic mass is 32.1. The molecular formula is C13H23N3OS. The fourth-order valence-corrected chi connectivity index (χ4v) is 3.49. The number of aliphatic hydroxyl groups excluding tert-OH is 1. The van der Waals surface area contributed by atoms with Gasteiger partial charge in [0.05, 0.1) is 6.10 Å². The Hall–Kier alpha value is -0.650. The van der Waals surface area contributed by atoms with Gasteiger partial charge in [-0.3, -0.25) is 4.90 Å². The van der Waals surface area contributed by atoms with E-state index >= 15 is 0 Å². The summed E-state index contributed by atoms with van der Waals surface area (Å²) in [4.78, 5) is 7.53. The summed E-state index contributed by atoms with van der Waals surface area (Å²) in [7, 11) is 0. The van der Waals surface area contributed by atoms with Crippen LogP contribution in [0.1, 0.15) is 32.1 Å². The van der Waals surface area contributed by atoms with Crippen LogP contribution in [0.2, 0.25) is 0 Å². The van der Waals surface area contributed by atoms with Gasteiger partial charge in [0.25, 0.3) is 0 Å². The minimum Gasteiger partial charge on any atom is -0.391 e. The lowest BCUT2D eigenvalue weighted by molar-refractivity contribution is -0.0262. The highest BCUT2D eigenvalue weighted by molar-refractivity contribution is 7.15. The molecule has 1 aromatic rings. The monoisotopic (exact) mass is 269 g/mol. The number of nitrogens with two attached hydrogens (primary N) is 1. The Kier molecular flexibility index (Phi) is 3.94. The van der Waals surface area contributed by atoms with Crippen LogP contribution in [0, 0.1) is 11.3 Å². The SMILES string of the molecule is CC(C)(C)C1CCN(Cc2cnc(N)s2)CC1O. The number of hydrogen-bond donors (Lipinski definition) is 2. The van der Waals surface area contributed by atoms with E-state index in [-0.39, 0.29) is 11.5 Å². The van der Waals surface area contributed by atoms with Crippen LogP contribution in [0.3, 0.4) is 0 Å². The van der Waals surface area contributed by atoms with Crippen LogP contribution in [-0.2, 0) is 6.54 Å². The van der Waals surface area contributed by atoms with Crippen molar-refractivity contribution >= 4 is 16.5 Å². The molecule has 0 aromatic carbocycles. The molecule has 1 fully saturated rings. The fourth-order valence-electron chi connectivity index (χ4n) is 2.77. The van der Waals surface area contributed by atoms with Gasteiger partial charge >= 0.3 is 0 Å². The van der Waals surface area contributed by atoms with Gasteiger partial charge in [-0.25, -0.2) is 4.98 Å². The van der Waals surface area contributed by atoms with Gasteiger partial charge in [-0.15, -0.1) is 11.3 Å². The lowest BCUT2D eigenvalue weighted by Crippen LogP contribution is -2.47. The van der Waals surface area contributed by atoms with Gasteiger partial charge in [-0.2, -0.15) is 0 Å². The Bertz CT molecular complexity index is 399. The Morgan fingerprint density at radius 2 is 2.28 bits per heavy atom. The molecule has 1 saturated heterocycles. The molecule has 0 bridgehead atoms. The highest BCUT2D eigenvalue weighted by Gasteiger charge is 2.35. The van der Waals surface area contributed by atoms with Crippen molar-refractivity contribution in [2.24, 2.45) is 11.3 Å². The lowest BCUT2D eigenvalue weighted by atomic mass is 9.74. The average Bonchev–Trinajstić information content (AvgIpc) is 2.62. The summed E-state index contributed by atoms with van der Waals surface area (Å²) in [5.41, 5.74) is 5.81. The lowest BCUT2D eigenvalue weighted by Gasteiger charge is -2.42. The maximum Gasteiger partial charge on any atom is 0.180 e. The molecule has 1 aromatic heterocycles. The van der Waals surface area contributed by atoms with Crippen LogP contribution >= 0.6 is 11.3 Å². The molecule has 18 heavy (non-hydrogen) atoms. The zero-order chi connectivity index (χ0) is 13.3. The zero-order valence-electron chi connectivity index (χ0n) is 11.4. The summed E-state index contributed by atoms with van der Waals surface area (Å²) in [6.45, 7) is 9.26. The number of hydrogen-bond acceptors (Lipinski definition) is 5. The molecule has 2 rings (SSSR count). The van der Waals surface area contributed by atoms with Gasteiger partial charge in [0.2, 0.25) is 0 Å². The van der Waals surface area contributed by atoms with E-state index in [0.717, 1.165) is 26.1 Å². The van der Waals surface area contributed by atoms with Crippen LogP contribution in [-0.4, -0.2) is 34.2 Å². The van der Waals surface area contributed by atoms with Crippen LogP contribution in [0.5, 0.6) is 0 Å². The molecule has 2 heterocycles. The fraction of sp³-hybridized carbons (Fsp3) is 0.769. The molecule has 0 amide bonds. The van der Waals surface area contributed by atoms with Crippen LogP contribution in [0.25, 0.3) is 0 Å². The first-order valence-electron chi connectivity index (χ1n) is 6.47. The standard InChI is InChI=1S/C13H23N3OS/c1-13(2,3)10-4-5-16(8-11(10)17)7-9-6-15-12(14)18-9/h6,10-11,17H,4-5,7-8H2,1-3H3,(H2,14,15). The topological polar surface area (TPSA) is 62.4 Å². The summed E-state index contributed by atoms with van der Waals surface area (Å²) in [6, 6.07) is 0. The maximum atomic E-state index is 10.3. The highest BCUT2D eigenvalue weighted by Crippen LogP contribution is 2.35. The third kappa shape index (κ3) is 3.22. The molecule has 2 atom stereocenters. The predicted molar refractivity (Wildman–Crippen MR) is 75.4 cm³/mol. The summed E-state index contributed by atoms with van der Waals surface area (Å²) in [6.07, 6.45) is 2.66. The molecule has 1 aliphatic rings. The van der Waals surface area contributed by atoms with Gasteiger partial charge in [0, 0.05) is 24.2 Å². The number of aliphatic hydroxyl groups is 1. The molecule has 102 valence electrons. The van der Waals surface area contributed by atoms with Crippen LogP contribution in [0.4, 0.5) is 5.13 Å². The first kappa shape index (κ1) is 13.8. The number of anilines is 1. The van der Waals surface area contributed by atoms with E-state index in [1.807, 2.05) is 6.20 Å². The van der Waals surface area contributed by atoms with E-state index in [1.165, 1.54) is 16.2 Å². The van der Waals surface area contributed by atoms with Crippen LogP contribution < -0.4 is 5.73 Å². The number of likely N-dealkylation sites (tertiary alicyclic amines) is 1. The average molecular weight is 269 g/mol. The predicted octanol–water partition coefficient (Wildman–Crippen LogP) is 1.95. The second-order valence-electron chi connectivity index (χ2n) is 6.23. The molecule has 4 nitrogen and oxygen atoms in total. The smallest absolute Gasteiger partial charge is 0.180 e. The van der Waals surface area contributed by atoms with E-state index in [2.05, 4.69) is 30.7 Å². The Morgan fingerprint density at radius 1 is 1.56 bits per heavy atom. The summed E-state index contributed by atoms with van der Waals surface area (Å²) >= 11 is 1.53. The first-order chi connectivity index (χ1) is 8.36. The number of nitrogen functional groups attached to an aromatic ring is 1. The van der Waals surface area contributed by atoms with E-state index in [1.54, 1.807) is 0 Å². The summed E-state index contributed by atoms with van der Waals surface area (Å²) in [5, 5.41) is 10.9. The third-order valence-electron chi connectivity index (χ3n) is 3.73. The van der Waals surface area contributed by atoms with Crippen molar-refractivity contribution in [2.45, 2.75) is 39.8 Å². The van der Waals surface area contributed by atoms with Crippen molar-refractivity contribution in [2.75, 3.05) is 18.8 Å². The molecule has 3 N–H and O–H groups in total. The summed E-state index contributed by atoms with van der Waals surface area (Å²) in [5.74, 6) is 0.389. The van der Waals surface area contributed by atoms with E-state index in [4.69, 9.17) is 5.73 Å². The van der Waals surface area contributed by atoms with Gasteiger partial charge in [-0.05, 0) is 24.3 Å². The molecule has 5 heteroatoms. The van der Waals surface area contributed by atoms with Crippen molar-refractivity contribution in [1.82, 2.24) is 9.88 Å². The molecule has 2 unspecified atom stereocenters. The zero-order valence-corrected chi connectivity index (χ0v) is 12.2. The Labute approximate surface area is 113 Å². The number of rotatable bonds is 2. The van der Waals surface area contributed by atoms with Gasteiger partial charge in [0.15, 0.2) is 5.13 Å². The normalized spacial score (nSPS) is 26.4. The van der Waals surface area contributed by atoms with Crippen molar-refractivity contribution in [3.05, 3.63) is 11.1 Å². The Morgan fingerprint density at radius 3 is 2.78 bits per heavy atom. The quantitative estimate of drug-likeness (QED) is 0.861. The van der Waals surface area contributed by atoms with E-state index in [9.17, 15) is 5.11 Å². The number of piperidine rings is 1. The van der Waals surface area contributed by atoms with E-state index in [0.29, 0.717) is 11.0 Å². The number of nitrogens with zero attached hydrogens (tertiary/aromatic N) is 2. The minimum absolute atomic E-state index is 0.181. The van der Waals surface area contributed by atoms with Crippen molar-refractivity contribution in [1.29, 1.82) is 0 Å². The number of thiazole rings is 1. The minimum atomic E-state index is -0.232. The Balaban J connectivity index is 1.92. The van der Waals surface area contributed by atoms with Crippen molar-refractivity contribution in [3.63, 3.8) is 0 Å². The molecular weight excluding hydrogens is 246 g/mol. The first-order valence-corrected chi connectivity index (χ1v) is 7.28. The molecule has 1 aliphatic heterocycles. The molecule has 0 radical (unpaired) electrons. The largest absolute Gasteiger partial charge is 0.391 e. The molecule has 0 spiro atoms. The van der Waals surface area contributed by atoms with Crippen molar-refractivity contribution < 1.29 is 5.11 Å². The van der Waals surface area contributed by atoms with Gasteiger partial charge in [0.1, 0.15) is 0 Å². The van der Waals surface area contributed by atoms with Gasteiger partial charge in [-0.1, -0.05) is 20.8 Å². The summed E-state index contributed by atoms with van der Waals surface area (Å²) < 4.78 is 0. The van der Waals surface area contributed by atoms with Gasteiger partial charge < -0.3 is 10.8 Å². The number of β-amino-alcohol motifs (C(OH)–C–C–N with tert-alkyl or cyclic N) is 1. The number of aromatic nitrogens is 1. The molecule has 0 saturated carbocycles. The second-order valence-corrected chi connectivity index (χ2v) is 7.38. The van der Waals surface area contributed by atoms with E-state index < -0.39 is 0 Å². The maximum absolute atomic E-state index is 10.3. The molecule has 0 aliphatic carbocycles.